The van der Waals surface area contributed by atoms with Crippen LogP contribution in [0.4, 0.5) is 0 Å². The first-order valence-corrected chi connectivity index (χ1v) is 3.91. The zero-order valence-electron chi connectivity index (χ0n) is 6.87. The van der Waals surface area contributed by atoms with E-state index in [-0.39, 0.29) is 5.75 Å². The Morgan fingerprint density at radius 3 is 2.92 bits per heavy atom. The van der Waals surface area contributed by atoms with E-state index in [0.717, 1.165) is 17.9 Å². The van der Waals surface area contributed by atoms with E-state index < -0.39 is 0 Å². The van der Waals surface area contributed by atoms with Crippen LogP contribution in [0.1, 0.15) is 11.6 Å². The number of aromatic hydroxyl groups is 1. The predicted octanol–water partition coefficient (Wildman–Crippen LogP) is 1.05. The third kappa shape index (κ3) is 1.23. The summed E-state index contributed by atoms with van der Waals surface area (Å²) < 4.78 is 5.13. The second-order valence-electron chi connectivity index (χ2n) is 2.89. The second-order valence-corrected chi connectivity index (χ2v) is 2.89. The molecule has 0 spiro atoms. The van der Waals surface area contributed by atoms with Crippen LogP contribution in [-0.2, 0) is 0 Å². The van der Waals surface area contributed by atoms with E-state index in [1.165, 1.54) is 0 Å². The van der Waals surface area contributed by atoms with Crippen molar-refractivity contribution in [2.45, 2.75) is 6.04 Å². The fourth-order valence-corrected chi connectivity index (χ4v) is 1.27. The molecule has 1 aliphatic rings. The molecule has 1 fully saturated rings. The lowest BCUT2D eigenvalue weighted by atomic mass is 10.1. The van der Waals surface area contributed by atoms with Crippen LogP contribution < -0.4 is 10.1 Å². The van der Waals surface area contributed by atoms with E-state index in [0.29, 0.717) is 6.04 Å². The van der Waals surface area contributed by atoms with E-state index in [1.807, 2.05) is 6.07 Å². The van der Waals surface area contributed by atoms with Gasteiger partial charge in [-0.1, -0.05) is 6.07 Å². The SMILES string of the molecule is COc1cc(O)ccc1[C@@H]1CN1. The van der Waals surface area contributed by atoms with Gasteiger partial charge in [-0.05, 0) is 6.07 Å². The molecule has 1 saturated heterocycles. The number of nitrogens with one attached hydrogen (secondary N) is 1. The highest BCUT2D eigenvalue weighted by Crippen LogP contribution is 2.32. The number of hydrogen-bond acceptors (Lipinski definition) is 3. The highest BCUT2D eigenvalue weighted by molar-refractivity contribution is 5.43. The van der Waals surface area contributed by atoms with Gasteiger partial charge < -0.3 is 15.2 Å². The third-order valence-corrected chi connectivity index (χ3v) is 2.00. The summed E-state index contributed by atoms with van der Waals surface area (Å²) in [5.74, 6) is 1.00. The van der Waals surface area contributed by atoms with Crippen LogP contribution in [0.5, 0.6) is 11.5 Å². The van der Waals surface area contributed by atoms with Crippen LogP contribution in [-0.4, -0.2) is 18.8 Å². The summed E-state index contributed by atoms with van der Waals surface area (Å²) in [7, 11) is 1.61. The fourth-order valence-electron chi connectivity index (χ4n) is 1.27. The fraction of sp³-hybridized carbons (Fsp3) is 0.333. The summed E-state index contributed by atoms with van der Waals surface area (Å²) in [5.41, 5.74) is 1.12. The monoisotopic (exact) mass is 165 g/mol. The molecule has 3 heteroatoms. The van der Waals surface area contributed by atoms with E-state index in [4.69, 9.17) is 4.74 Å². The van der Waals surface area contributed by atoms with Crippen LogP contribution in [0.25, 0.3) is 0 Å². The number of rotatable bonds is 2. The summed E-state index contributed by atoms with van der Waals surface area (Å²) in [6.07, 6.45) is 0. The molecule has 1 aromatic rings. The van der Waals surface area contributed by atoms with E-state index in [1.54, 1.807) is 19.2 Å². The van der Waals surface area contributed by atoms with Gasteiger partial charge >= 0.3 is 0 Å². The first kappa shape index (κ1) is 7.43. The molecule has 1 aromatic carbocycles. The Balaban J connectivity index is 2.38. The average molecular weight is 165 g/mol. The largest absolute Gasteiger partial charge is 0.508 e. The lowest BCUT2D eigenvalue weighted by molar-refractivity contribution is 0.402. The minimum absolute atomic E-state index is 0.247. The van der Waals surface area contributed by atoms with Crippen molar-refractivity contribution in [3.63, 3.8) is 0 Å². The molecule has 12 heavy (non-hydrogen) atoms. The Bertz CT molecular complexity index is 295. The Labute approximate surface area is 71.0 Å². The predicted molar refractivity (Wildman–Crippen MR) is 45.4 cm³/mol. The van der Waals surface area contributed by atoms with Crippen LogP contribution in [0.2, 0.25) is 0 Å². The van der Waals surface area contributed by atoms with Crippen molar-refractivity contribution in [1.82, 2.24) is 5.32 Å². The molecule has 1 heterocycles. The molecular formula is C9H11NO2. The molecule has 3 nitrogen and oxygen atoms in total. The molecule has 1 aliphatic heterocycles. The summed E-state index contributed by atoms with van der Waals surface area (Å²) in [6, 6.07) is 5.62. The van der Waals surface area contributed by atoms with Crippen molar-refractivity contribution in [3.8, 4) is 11.5 Å². The second kappa shape index (κ2) is 2.68. The highest BCUT2D eigenvalue weighted by atomic mass is 16.5. The molecule has 2 rings (SSSR count). The van der Waals surface area contributed by atoms with Gasteiger partial charge in [0.25, 0.3) is 0 Å². The number of benzene rings is 1. The Hall–Kier alpha value is -1.22. The van der Waals surface area contributed by atoms with Crippen molar-refractivity contribution in [1.29, 1.82) is 0 Å². The van der Waals surface area contributed by atoms with Crippen LogP contribution in [0.3, 0.4) is 0 Å². The first-order valence-electron chi connectivity index (χ1n) is 3.91. The number of ether oxygens (including phenoxy) is 1. The van der Waals surface area contributed by atoms with Gasteiger partial charge in [0.05, 0.1) is 7.11 Å². The summed E-state index contributed by atoms with van der Waals surface area (Å²) in [4.78, 5) is 0. The van der Waals surface area contributed by atoms with E-state index in [9.17, 15) is 5.11 Å². The van der Waals surface area contributed by atoms with Crippen molar-refractivity contribution in [3.05, 3.63) is 23.8 Å². The third-order valence-electron chi connectivity index (χ3n) is 2.00. The van der Waals surface area contributed by atoms with Gasteiger partial charge in [0.1, 0.15) is 11.5 Å². The lowest BCUT2D eigenvalue weighted by Crippen LogP contribution is -1.91. The minimum atomic E-state index is 0.247. The molecule has 0 bridgehead atoms. The zero-order chi connectivity index (χ0) is 8.55. The van der Waals surface area contributed by atoms with E-state index >= 15 is 0 Å². The molecule has 0 aliphatic carbocycles. The summed E-state index contributed by atoms with van der Waals surface area (Å²) in [5, 5.41) is 12.4. The zero-order valence-corrected chi connectivity index (χ0v) is 6.87. The Morgan fingerprint density at radius 2 is 2.33 bits per heavy atom. The summed E-state index contributed by atoms with van der Waals surface area (Å²) >= 11 is 0. The Morgan fingerprint density at radius 1 is 1.58 bits per heavy atom. The van der Waals surface area contributed by atoms with Gasteiger partial charge in [0.2, 0.25) is 0 Å². The molecular weight excluding hydrogens is 154 g/mol. The normalized spacial score (nSPS) is 20.6. The molecule has 0 aromatic heterocycles. The maximum atomic E-state index is 9.17. The lowest BCUT2D eigenvalue weighted by Gasteiger charge is -2.06. The maximum Gasteiger partial charge on any atom is 0.127 e. The van der Waals surface area contributed by atoms with Gasteiger partial charge in [-0.2, -0.15) is 0 Å². The first-order chi connectivity index (χ1) is 5.81. The molecule has 0 unspecified atom stereocenters. The molecule has 0 radical (unpaired) electrons. The quantitative estimate of drug-likeness (QED) is 0.644. The standard InChI is InChI=1S/C9H11NO2/c1-12-9-4-6(11)2-3-7(9)8-5-10-8/h2-4,8,10-11H,5H2,1H3/t8-/m0/s1. The van der Waals surface area contributed by atoms with Crippen LogP contribution in [0.15, 0.2) is 18.2 Å². The molecule has 64 valence electrons. The van der Waals surface area contributed by atoms with Crippen molar-refractivity contribution in [2.24, 2.45) is 0 Å². The van der Waals surface area contributed by atoms with Gasteiger partial charge in [0.15, 0.2) is 0 Å². The summed E-state index contributed by atoms with van der Waals surface area (Å²) in [6.45, 7) is 1.00. The number of hydrogen-bond donors (Lipinski definition) is 2. The van der Waals surface area contributed by atoms with Crippen LogP contribution in [0, 0.1) is 0 Å². The van der Waals surface area contributed by atoms with Crippen molar-refractivity contribution >= 4 is 0 Å². The topological polar surface area (TPSA) is 51.4 Å². The van der Waals surface area contributed by atoms with Crippen molar-refractivity contribution < 1.29 is 9.84 Å². The highest BCUT2D eigenvalue weighted by Gasteiger charge is 2.25. The van der Waals surface area contributed by atoms with Gasteiger partial charge in [0, 0.05) is 24.2 Å². The van der Waals surface area contributed by atoms with Gasteiger partial charge in [-0.3, -0.25) is 0 Å². The van der Waals surface area contributed by atoms with Crippen LogP contribution >= 0.6 is 0 Å². The molecule has 1 atom stereocenters. The molecule has 0 saturated carbocycles. The smallest absolute Gasteiger partial charge is 0.127 e. The average Bonchev–Trinajstić information content (AvgIpc) is 2.87. The number of methoxy groups -OCH3 is 1. The number of phenolic OH excluding ortho intramolecular Hbond substituents is 1. The molecule has 2 N–H and O–H groups in total. The Kier molecular flexibility index (Phi) is 1.66. The van der Waals surface area contributed by atoms with Crippen molar-refractivity contribution in [2.75, 3.05) is 13.7 Å². The van der Waals surface area contributed by atoms with E-state index in [2.05, 4.69) is 5.32 Å². The number of phenols is 1. The van der Waals surface area contributed by atoms with Gasteiger partial charge in [-0.15, -0.1) is 0 Å². The molecule has 0 amide bonds. The van der Waals surface area contributed by atoms with Gasteiger partial charge in [-0.25, -0.2) is 0 Å². The minimum Gasteiger partial charge on any atom is -0.508 e. The maximum absolute atomic E-state index is 9.17.